The maximum absolute atomic E-state index is 13.1. The maximum Gasteiger partial charge on any atom is 0.259 e. The average Bonchev–Trinajstić information content (AvgIpc) is 3.59. The van der Waals surface area contributed by atoms with E-state index in [1.54, 1.807) is 7.05 Å². The average molecular weight is 455 g/mol. The Morgan fingerprint density at radius 3 is 2.21 bits per heavy atom. The van der Waals surface area contributed by atoms with Crippen molar-refractivity contribution in [2.45, 2.75) is 24.9 Å². The molecule has 34 heavy (non-hydrogen) atoms. The lowest BCUT2D eigenvalue weighted by Gasteiger charge is -2.20. The Balaban J connectivity index is 1.48. The van der Waals surface area contributed by atoms with Gasteiger partial charge in [-0.15, -0.1) is 0 Å². The highest BCUT2D eigenvalue weighted by molar-refractivity contribution is 5.94. The van der Waals surface area contributed by atoms with Crippen molar-refractivity contribution in [1.29, 1.82) is 0 Å². The zero-order chi connectivity index (χ0) is 23.5. The molecule has 172 valence electrons. The van der Waals surface area contributed by atoms with Crippen molar-refractivity contribution in [2.75, 3.05) is 14.2 Å². The van der Waals surface area contributed by atoms with Gasteiger partial charge in [0.2, 0.25) is 0 Å². The SMILES string of the molecule is CON(C)C(=O)C1(c2onc(-c3ccc(OCc4ccccc4)cc3)c2-c2ccccc2)CC1. The number of hydrogen-bond acceptors (Lipinski definition) is 5. The van der Waals surface area contributed by atoms with E-state index in [0.717, 1.165) is 28.0 Å². The van der Waals surface area contributed by atoms with E-state index < -0.39 is 5.41 Å². The van der Waals surface area contributed by atoms with Crippen molar-refractivity contribution in [3.05, 3.63) is 96.3 Å². The molecule has 0 unspecified atom stereocenters. The third-order valence-electron chi connectivity index (χ3n) is 6.28. The summed E-state index contributed by atoms with van der Waals surface area (Å²) in [6.45, 7) is 0.501. The molecule has 5 rings (SSSR count). The molecular weight excluding hydrogens is 428 g/mol. The Morgan fingerprint density at radius 2 is 1.59 bits per heavy atom. The second kappa shape index (κ2) is 9.15. The number of aromatic nitrogens is 1. The van der Waals surface area contributed by atoms with Gasteiger partial charge < -0.3 is 9.26 Å². The van der Waals surface area contributed by atoms with E-state index in [1.165, 1.54) is 12.2 Å². The Kier molecular flexibility index (Phi) is 5.90. The van der Waals surface area contributed by atoms with E-state index in [0.29, 0.717) is 30.9 Å². The van der Waals surface area contributed by atoms with Crippen LogP contribution in [0.5, 0.6) is 5.75 Å². The summed E-state index contributed by atoms with van der Waals surface area (Å²) >= 11 is 0. The Morgan fingerprint density at radius 1 is 0.941 bits per heavy atom. The van der Waals surface area contributed by atoms with E-state index in [2.05, 4.69) is 5.16 Å². The summed E-state index contributed by atoms with van der Waals surface area (Å²) in [5, 5.41) is 5.70. The van der Waals surface area contributed by atoms with Gasteiger partial charge in [-0.05, 0) is 48.2 Å². The number of rotatable bonds is 8. The van der Waals surface area contributed by atoms with Crippen molar-refractivity contribution in [3.63, 3.8) is 0 Å². The first-order valence-electron chi connectivity index (χ1n) is 11.3. The van der Waals surface area contributed by atoms with Crippen molar-refractivity contribution < 1.29 is 18.9 Å². The quantitative estimate of drug-likeness (QED) is 0.323. The van der Waals surface area contributed by atoms with Crippen LogP contribution in [0, 0.1) is 0 Å². The van der Waals surface area contributed by atoms with Crippen LogP contribution < -0.4 is 4.74 Å². The van der Waals surface area contributed by atoms with Crippen molar-refractivity contribution in [3.8, 4) is 28.1 Å². The molecule has 1 heterocycles. The zero-order valence-electron chi connectivity index (χ0n) is 19.2. The largest absolute Gasteiger partial charge is 0.489 e. The summed E-state index contributed by atoms with van der Waals surface area (Å²) in [6.07, 6.45) is 1.39. The van der Waals surface area contributed by atoms with Crippen LogP contribution in [0.2, 0.25) is 0 Å². The molecule has 1 aliphatic rings. The van der Waals surface area contributed by atoms with Crippen molar-refractivity contribution in [1.82, 2.24) is 10.2 Å². The number of hydroxylamine groups is 2. The Labute approximate surface area is 198 Å². The highest BCUT2D eigenvalue weighted by atomic mass is 16.7. The summed E-state index contributed by atoms with van der Waals surface area (Å²) in [5.74, 6) is 1.24. The zero-order valence-corrected chi connectivity index (χ0v) is 19.2. The molecule has 0 bridgehead atoms. The predicted molar refractivity (Wildman–Crippen MR) is 129 cm³/mol. The van der Waals surface area contributed by atoms with Crippen LogP contribution in [-0.4, -0.2) is 30.3 Å². The van der Waals surface area contributed by atoms with Gasteiger partial charge in [0.15, 0.2) is 5.76 Å². The van der Waals surface area contributed by atoms with Crippen LogP contribution in [0.1, 0.15) is 24.2 Å². The van der Waals surface area contributed by atoms with Gasteiger partial charge in [0.25, 0.3) is 5.91 Å². The second-order valence-corrected chi connectivity index (χ2v) is 8.47. The van der Waals surface area contributed by atoms with Crippen molar-refractivity contribution in [2.24, 2.45) is 0 Å². The van der Waals surface area contributed by atoms with Gasteiger partial charge >= 0.3 is 0 Å². The van der Waals surface area contributed by atoms with Crippen LogP contribution >= 0.6 is 0 Å². The first-order valence-corrected chi connectivity index (χ1v) is 11.3. The van der Waals surface area contributed by atoms with Crippen LogP contribution in [-0.2, 0) is 21.7 Å². The molecule has 6 heteroatoms. The van der Waals surface area contributed by atoms with Gasteiger partial charge in [-0.2, -0.15) is 0 Å². The first-order chi connectivity index (χ1) is 16.6. The number of amides is 1. The number of carbonyl (C=O) groups is 1. The minimum Gasteiger partial charge on any atom is -0.489 e. The number of nitrogens with zero attached hydrogens (tertiary/aromatic N) is 2. The van der Waals surface area contributed by atoms with Gasteiger partial charge in [0, 0.05) is 12.6 Å². The molecule has 0 aliphatic heterocycles. The Hall–Kier alpha value is -3.90. The molecule has 0 atom stereocenters. The molecule has 0 N–H and O–H groups in total. The number of benzene rings is 3. The number of hydrogen-bond donors (Lipinski definition) is 0. The van der Waals surface area contributed by atoms with Crippen LogP contribution in [0.15, 0.2) is 89.5 Å². The lowest BCUT2D eigenvalue weighted by molar-refractivity contribution is -0.172. The lowest BCUT2D eigenvalue weighted by atomic mass is 9.91. The van der Waals surface area contributed by atoms with E-state index in [9.17, 15) is 4.79 Å². The predicted octanol–water partition coefficient (Wildman–Crippen LogP) is 5.64. The summed E-state index contributed by atoms with van der Waals surface area (Å²) in [7, 11) is 3.11. The third kappa shape index (κ3) is 4.08. The third-order valence-corrected chi connectivity index (χ3v) is 6.28. The molecule has 1 aromatic heterocycles. The van der Waals surface area contributed by atoms with Crippen molar-refractivity contribution >= 4 is 5.91 Å². The number of ether oxygens (including phenoxy) is 1. The maximum atomic E-state index is 13.1. The molecule has 1 saturated carbocycles. The molecule has 4 aromatic rings. The molecule has 0 radical (unpaired) electrons. The molecule has 1 aliphatic carbocycles. The van der Waals surface area contributed by atoms with Gasteiger partial charge in [0.05, 0.1) is 12.7 Å². The molecule has 1 amide bonds. The van der Waals surface area contributed by atoms with E-state index >= 15 is 0 Å². The molecular formula is C28H26N2O4. The molecule has 0 saturated heterocycles. The van der Waals surface area contributed by atoms with Gasteiger partial charge in [0.1, 0.15) is 23.5 Å². The van der Waals surface area contributed by atoms with Gasteiger partial charge in [-0.3, -0.25) is 9.63 Å². The highest BCUT2D eigenvalue weighted by Gasteiger charge is 2.57. The smallest absolute Gasteiger partial charge is 0.259 e. The van der Waals surface area contributed by atoms with E-state index in [1.807, 2.05) is 84.9 Å². The van der Waals surface area contributed by atoms with E-state index in [-0.39, 0.29) is 5.91 Å². The molecule has 3 aromatic carbocycles. The highest BCUT2D eigenvalue weighted by Crippen LogP contribution is 2.54. The van der Waals surface area contributed by atoms with Crippen LogP contribution in [0.4, 0.5) is 0 Å². The molecule has 0 spiro atoms. The summed E-state index contributed by atoms with van der Waals surface area (Å²) in [6, 6.07) is 27.8. The van der Waals surface area contributed by atoms with Crippen LogP contribution in [0.3, 0.4) is 0 Å². The number of carbonyl (C=O) groups excluding carboxylic acids is 1. The first kappa shape index (κ1) is 21.9. The molecule has 1 fully saturated rings. The molecule has 6 nitrogen and oxygen atoms in total. The number of likely N-dealkylation sites (N-methyl/N-ethyl adjacent to an activating group) is 1. The monoisotopic (exact) mass is 454 g/mol. The van der Waals surface area contributed by atoms with Gasteiger partial charge in [-0.25, -0.2) is 5.06 Å². The fourth-order valence-electron chi connectivity index (χ4n) is 4.18. The van der Waals surface area contributed by atoms with Gasteiger partial charge in [-0.1, -0.05) is 65.8 Å². The fraction of sp³-hybridized carbons (Fsp3) is 0.214. The summed E-state index contributed by atoms with van der Waals surface area (Å²) in [4.78, 5) is 18.3. The standard InChI is InChI=1S/C28H26N2O4/c1-30(32-2)27(31)28(17-18-28)26-24(21-11-7-4-8-12-21)25(29-34-26)22-13-15-23(16-14-22)33-19-20-9-5-3-6-10-20/h3-16H,17-19H2,1-2H3. The Bertz CT molecular complexity index is 1260. The second-order valence-electron chi connectivity index (χ2n) is 8.47. The summed E-state index contributed by atoms with van der Waals surface area (Å²) < 4.78 is 11.8. The normalized spacial score (nSPS) is 13.9. The fourth-order valence-corrected chi connectivity index (χ4v) is 4.18. The van der Waals surface area contributed by atoms with Crippen LogP contribution in [0.25, 0.3) is 22.4 Å². The minimum absolute atomic E-state index is 0.125. The minimum atomic E-state index is -0.750. The lowest BCUT2D eigenvalue weighted by Crippen LogP contribution is -2.35. The topological polar surface area (TPSA) is 64.8 Å². The summed E-state index contributed by atoms with van der Waals surface area (Å²) in [5.41, 5.74) is 3.75. The van der Waals surface area contributed by atoms with E-state index in [4.69, 9.17) is 14.1 Å².